The molecule has 0 aliphatic carbocycles. The Bertz CT molecular complexity index is 672. The standard InChI is InChI=1S/C17H16O4/c1-3-12-5-8-14(9-6-12)21-17(20)15-10-13(16(18)19)7-4-11(15)2/h4-10H,3H2,1-2H3,(H,18,19). The molecule has 2 rings (SSSR count). The van der Waals surface area contributed by atoms with Crippen LogP contribution in [-0.2, 0) is 6.42 Å². The van der Waals surface area contributed by atoms with Gasteiger partial charge in [-0.2, -0.15) is 0 Å². The highest BCUT2D eigenvalue weighted by molar-refractivity contribution is 5.96. The van der Waals surface area contributed by atoms with Crippen molar-refractivity contribution in [2.45, 2.75) is 20.3 Å². The van der Waals surface area contributed by atoms with Crippen LogP contribution in [0.2, 0.25) is 0 Å². The maximum Gasteiger partial charge on any atom is 0.343 e. The molecule has 0 aliphatic rings. The molecule has 0 unspecified atom stereocenters. The Morgan fingerprint density at radius 1 is 1.10 bits per heavy atom. The lowest BCUT2D eigenvalue weighted by Gasteiger charge is -2.08. The van der Waals surface area contributed by atoms with E-state index in [1.165, 1.54) is 12.1 Å². The Kier molecular flexibility index (Phi) is 4.38. The van der Waals surface area contributed by atoms with E-state index in [0.29, 0.717) is 11.3 Å². The predicted molar refractivity (Wildman–Crippen MR) is 78.9 cm³/mol. The van der Waals surface area contributed by atoms with Crippen LogP contribution in [0.4, 0.5) is 0 Å². The maximum absolute atomic E-state index is 12.1. The fourth-order valence-electron chi connectivity index (χ4n) is 1.93. The van der Waals surface area contributed by atoms with E-state index in [4.69, 9.17) is 9.84 Å². The van der Waals surface area contributed by atoms with Crippen molar-refractivity contribution >= 4 is 11.9 Å². The van der Waals surface area contributed by atoms with Crippen LogP contribution in [0, 0.1) is 6.92 Å². The average molecular weight is 284 g/mol. The van der Waals surface area contributed by atoms with Crippen molar-refractivity contribution in [1.82, 2.24) is 0 Å². The summed E-state index contributed by atoms with van der Waals surface area (Å²) in [4.78, 5) is 23.1. The van der Waals surface area contributed by atoms with Gasteiger partial charge in [-0.25, -0.2) is 9.59 Å². The van der Waals surface area contributed by atoms with Crippen molar-refractivity contribution in [3.63, 3.8) is 0 Å². The zero-order chi connectivity index (χ0) is 15.4. The highest BCUT2D eigenvalue weighted by Crippen LogP contribution is 2.17. The SMILES string of the molecule is CCc1ccc(OC(=O)c2cc(C(=O)O)ccc2C)cc1. The van der Waals surface area contributed by atoms with E-state index in [-0.39, 0.29) is 11.1 Å². The van der Waals surface area contributed by atoms with Gasteiger partial charge < -0.3 is 9.84 Å². The predicted octanol–water partition coefficient (Wildman–Crippen LogP) is 3.47. The number of carbonyl (C=O) groups is 2. The number of esters is 1. The number of carboxylic acids is 1. The Balaban J connectivity index is 2.23. The fraction of sp³-hybridized carbons (Fsp3) is 0.176. The van der Waals surface area contributed by atoms with Gasteiger partial charge in [0, 0.05) is 0 Å². The average Bonchev–Trinajstić information content (AvgIpc) is 2.48. The third-order valence-corrected chi connectivity index (χ3v) is 3.25. The van der Waals surface area contributed by atoms with Crippen LogP contribution < -0.4 is 4.74 Å². The summed E-state index contributed by atoms with van der Waals surface area (Å²) >= 11 is 0. The first-order valence-electron chi connectivity index (χ1n) is 6.66. The molecular weight excluding hydrogens is 268 g/mol. The van der Waals surface area contributed by atoms with Crippen molar-refractivity contribution in [2.24, 2.45) is 0 Å². The van der Waals surface area contributed by atoms with Crippen molar-refractivity contribution in [1.29, 1.82) is 0 Å². The molecule has 2 aromatic carbocycles. The molecule has 0 bridgehead atoms. The number of hydrogen-bond acceptors (Lipinski definition) is 3. The van der Waals surface area contributed by atoms with Gasteiger partial charge >= 0.3 is 11.9 Å². The van der Waals surface area contributed by atoms with Gasteiger partial charge in [0.1, 0.15) is 5.75 Å². The molecule has 1 N–H and O–H groups in total. The molecule has 0 spiro atoms. The lowest BCUT2D eigenvalue weighted by atomic mass is 10.1. The normalized spacial score (nSPS) is 10.2. The molecule has 0 saturated heterocycles. The minimum atomic E-state index is -1.07. The van der Waals surface area contributed by atoms with Gasteiger partial charge in [-0.15, -0.1) is 0 Å². The molecular formula is C17H16O4. The molecule has 108 valence electrons. The Morgan fingerprint density at radius 2 is 1.76 bits per heavy atom. The maximum atomic E-state index is 12.1. The lowest BCUT2D eigenvalue weighted by Crippen LogP contribution is -2.11. The van der Waals surface area contributed by atoms with Gasteiger partial charge in [0.25, 0.3) is 0 Å². The molecule has 0 saturated carbocycles. The summed E-state index contributed by atoms with van der Waals surface area (Å²) in [6, 6.07) is 11.6. The molecule has 0 fully saturated rings. The quantitative estimate of drug-likeness (QED) is 0.689. The van der Waals surface area contributed by atoms with E-state index < -0.39 is 11.9 Å². The van der Waals surface area contributed by atoms with Crippen LogP contribution in [0.15, 0.2) is 42.5 Å². The first kappa shape index (κ1) is 14.8. The van der Waals surface area contributed by atoms with E-state index in [1.54, 1.807) is 25.1 Å². The van der Waals surface area contributed by atoms with Gasteiger partial charge in [-0.1, -0.05) is 25.1 Å². The summed E-state index contributed by atoms with van der Waals surface area (Å²) < 4.78 is 5.28. The molecule has 0 aromatic heterocycles. The minimum absolute atomic E-state index is 0.0638. The van der Waals surface area contributed by atoms with E-state index in [9.17, 15) is 9.59 Å². The third kappa shape index (κ3) is 3.48. The van der Waals surface area contributed by atoms with E-state index in [1.807, 2.05) is 19.1 Å². The molecule has 0 atom stereocenters. The number of benzene rings is 2. The van der Waals surface area contributed by atoms with Gasteiger partial charge in [-0.3, -0.25) is 0 Å². The second kappa shape index (κ2) is 6.22. The second-order valence-corrected chi connectivity index (χ2v) is 4.72. The van der Waals surface area contributed by atoms with E-state index >= 15 is 0 Å². The first-order valence-corrected chi connectivity index (χ1v) is 6.66. The van der Waals surface area contributed by atoms with Crippen LogP contribution in [0.25, 0.3) is 0 Å². The number of hydrogen-bond donors (Lipinski definition) is 1. The summed E-state index contributed by atoms with van der Waals surface area (Å²) in [5.74, 6) is -1.19. The molecule has 0 radical (unpaired) electrons. The first-order chi connectivity index (χ1) is 10.0. The Morgan fingerprint density at radius 3 is 2.33 bits per heavy atom. The van der Waals surface area contributed by atoms with Gasteiger partial charge in [0.2, 0.25) is 0 Å². The highest BCUT2D eigenvalue weighted by atomic mass is 16.5. The molecule has 0 heterocycles. The summed E-state index contributed by atoms with van der Waals surface area (Å²) in [7, 11) is 0. The smallest absolute Gasteiger partial charge is 0.343 e. The van der Waals surface area contributed by atoms with Crippen LogP contribution in [0.5, 0.6) is 5.75 Å². The van der Waals surface area contributed by atoms with Gasteiger partial charge in [-0.05, 0) is 48.7 Å². The summed E-state index contributed by atoms with van der Waals surface area (Å²) in [5, 5.41) is 8.98. The third-order valence-electron chi connectivity index (χ3n) is 3.25. The zero-order valence-electron chi connectivity index (χ0n) is 11.9. The fourth-order valence-corrected chi connectivity index (χ4v) is 1.93. The second-order valence-electron chi connectivity index (χ2n) is 4.72. The number of carbonyl (C=O) groups excluding carboxylic acids is 1. The van der Waals surface area contributed by atoms with Crippen molar-refractivity contribution in [2.75, 3.05) is 0 Å². The topological polar surface area (TPSA) is 63.6 Å². The van der Waals surface area contributed by atoms with Crippen molar-refractivity contribution in [3.05, 3.63) is 64.7 Å². The van der Waals surface area contributed by atoms with Gasteiger partial charge in [0.15, 0.2) is 0 Å². The monoisotopic (exact) mass is 284 g/mol. The summed E-state index contributed by atoms with van der Waals surface area (Å²) in [5.41, 5.74) is 2.15. The molecule has 4 nitrogen and oxygen atoms in total. The molecule has 21 heavy (non-hydrogen) atoms. The molecule has 4 heteroatoms. The van der Waals surface area contributed by atoms with Crippen molar-refractivity contribution < 1.29 is 19.4 Å². The molecule has 0 amide bonds. The summed E-state index contributed by atoms with van der Waals surface area (Å²) in [6.45, 7) is 3.78. The summed E-state index contributed by atoms with van der Waals surface area (Å²) in [6.07, 6.45) is 0.911. The van der Waals surface area contributed by atoms with Crippen LogP contribution in [-0.4, -0.2) is 17.0 Å². The number of rotatable bonds is 4. The molecule has 0 aliphatic heterocycles. The van der Waals surface area contributed by atoms with Crippen LogP contribution in [0.1, 0.15) is 38.8 Å². The zero-order valence-corrected chi connectivity index (χ0v) is 11.9. The van der Waals surface area contributed by atoms with E-state index in [2.05, 4.69) is 0 Å². The Labute approximate surface area is 123 Å². The van der Waals surface area contributed by atoms with Crippen molar-refractivity contribution in [3.8, 4) is 5.75 Å². The highest BCUT2D eigenvalue weighted by Gasteiger charge is 2.14. The number of ether oxygens (including phenoxy) is 1. The van der Waals surface area contributed by atoms with Crippen LogP contribution >= 0.6 is 0 Å². The number of carboxylic acid groups (broad SMARTS) is 1. The van der Waals surface area contributed by atoms with Gasteiger partial charge in [0.05, 0.1) is 11.1 Å². The van der Waals surface area contributed by atoms with E-state index in [0.717, 1.165) is 12.0 Å². The largest absolute Gasteiger partial charge is 0.478 e. The minimum Gasteiger partial charge on any atom is -0.478 e. The number of aryl methyl sites for hydroxylation is 2. The Hall–Kier alpha value is -2.62. The molecule has 2 aromatic rings. The lowest BCUT2D eigenvalue weighted by molar-refractivity contribution is 0.0697. The van der Waals surface area contributed by atoms with Crippen LogP contribution in [0.3, 0.4) is 0 Å². The number of aromatic carboxylic acids is 1.